The zero-order chi connectivity index (χ0) is 14.7. The normalized spacial score (nSPS) is 16.2. The van der Waals surface area contributed by atoms with Crippen LogP contribution in [-0.4, -0.2) is 33.8 Å². The van der Waals surface area contributed by atoms with Gasteiger partial charge in [-0.3, -0.25) is 14.5 Å². The molecular formula is C15H19N5O. The fourth-order valence-corrected chi connectivity index (χ4v) is 2.32. The average Bonchev–Trinajstić information content (AvgIpc) is 2.85. The van der Waals surface area contributed by atoms with Crippen LogP contribution in [0, 0.1) is 11.8 Å². The predicted octanol–water partition coefficient (Wildman–Crippen LogP) is 1.12. The number of rotatable bonds is 5. The molecule has 2 N–H and O–H groups in total. The van der Waals surface area contributed by atoms with Crippen LogP contribution >= 0.6 is 0 Å². The smallest absolute Gasteiger partial charge is 0.227 e. The third-order valence-corrected chi connectivity index (χ3v) is 3.93. The Morgan fingerprint density at radius 3 is 2.90 bits per heavy atom. The highest BCUT2D eigenvalue weighted by molar-refractivity contribution is 5.92. The van der Waals surface area contributed by atoms with Crippen molar-refractivity contribution in [3.63, 3.8) is 0 Å². The molecule has 0 aromatic carbocycles. The summed E-state index contributed by atoms with van der Waals surface area (Å²) in [4.78, 5) is 16.1. The van der Waals surface area contributed by atoms with Crippen LogP contribution < -0.4 is 10.6 Å². The molecule has 1 atom stereocenters. The molecule has 2 aromatic rings. The predicted molar refractivity (Wildman–Crippen MR) is 79.7 cm³/mol. The first-order chi connectivity index (χ1) is 10.2. The number of amides is 1. The van der Waals surface area contributed by atoms with Crippen LogP contribution in [0.1, 0.15) is 12.5 Å². The molecule has 0 bridgehead atoms. The SMILES string of the molecule is CC(C(=O)Nc1cnn(Cc2ccncc2)c1)C1CNC1. The first-order valence-electron chi connectivity index (χ1n) is 7.15. The van der Waals surface area contributed by atoms with Crippen LogP contribution in [0.25, 0.3) is 0 Å². The van der Waals surface area contributed by atoms with Gasteiger partial charge in [-0.25, -0.2) is 0 Å². The van der Waals surface area contributed by atoms with Gasteiger partial charge in [0.25, 0.3) is 0 Å². The molecule has 6 nitrogen and oxygen atoms in total. The second-order valence-electron chi connectivity index (χ2n) is 5.48. The number of carbonyl (C=O) groups is 1. The van der Waals surface area contributed by atoms with Crippen molar-refractivity contribution in [3.05, 3.63) is 42.5 Å². The van der Waals surface area contributed by atoms with Crippen molar-refractivity contribution in [2.45, 2.75) is 13.5 Å². The third-order valence-electron chi connectivity index (χ3n) is 3.93. The number of aromatic nitrogens is 3. The molecule has 6 heteroatoms. The molecule has 3 rings (SSSR count). The Labute approximate surface area is 123 Å². The molecule has 1 aliphatic rings. The number of nitrogens with zero attached hydrogens (tertiary/aromatic N) is 3. The Hall–Kier alpha value is -2.21. The highest BCUT2D eigenvalue weighted by Gasteiger charge is 2.28. The van der Waals surface area contributed by atoms with Gasteiger partial charge in [-0.2, -0.15) is 5.10 Å². The lowest BCUT2D eigenvalue weighted by Crippen LogP contribution is -2.48. The maximum atomic E-state index is 12.1. The van der Waals surface area contributed by atoms with Crippen LogP contribution in [0.2, 0.25) is 0 Å². The summed E-state index contributed by atoms with van der Waals surface area (Å²) >= 11 is 0. The van der Waals surface area contributed by atoms with Crippen LogP contribution in [-0.2, 0) is 11.3 Å². The summed E-state index contributed by atoms with van der Waals surface area (Å²) in [5, 5.41) is 10.4. The standard InChI is InChI=1S/C15H19N5O/c1-11(13-6-17-7-13)15(21)19-14-8-18-20(10-14)9-12-2-4-16-5-3-12/h2-5,8,10-11,13,17H,6-7,9H2,1H3,(H,19,21). The molecule has 0 spiro atoms. The summed E-state index contributed by atoms with van der Waals surface area (Å²) in [5.74, 6) is 0.525. The zero-order valence-electron chi connectivity index (χ0n) is 12.0. The monoisotopic (exact) mass is 285 g/mol. The summed E-state index contributed by atoms with van der Waals surface area (Å²) in [6.07, 6.45) is 7.06. The summed E-state index contributed by atoms with van der Waals surface area (Å²) in [6, 6.07) is 3.90. The number of nitrogens with one attached hydrogen (secondary N) is 2. The molecule has 3 heterocycles. The quantitative estimate of drug-likeness (QED) is 0.863. The van der Waals surface area contributed by atoms with Gasteiger partial charge >= 0.3 is 0 Å². The van der Waals surface area contributed by atoms with Crippen molar-refractivity contribution in [1.82, 2.24) is 20.1 Å². The second kappa shape index (κ2) is 6.05. The maximum absolute atomic E-state index is 12.1. The van der Waals surface area contributed by atoms with Gasteiger partial charge in [-0.1, -0.05) is 6.92 Å². The molecule has 0 saturated carbocycles. The van der Waals surface area contributed by atoms with Gasteiger partial charge in [0.05, 0.1) is 18.4 Å². The van der Waals surface area contributed by atoms with Gasteiger partial charge in [0.2, 0.25) is 5.91 Å². The fourth-order valence-electron chi connectivity index (χ4n) is 2.32. The zero-order valence-corrected chi connectivity index (χ0v) is 12.0. The second-order valence-corrected chi connectivity index (χ2v) is 5.48. The molecule has 110 valence electrons. The van der Waals surface area contributed by atoms with Crippen LogP contribution in [0.15, 0.2) is 36.9 Å². The van der Waals surface area contributed by atoms with Crippen molar-refractivity contribution in [2.24, 2.45) is 11.8 Å². The molecular weight excluding hydrogens is 266 g/mol. The minimum atomic E-state index is 0.0230. The Bertz CT molecular complexity index is 606. The summed E-state index contributed by atoms with van der Waals surface area (Å²) in [5.41, 5.74) is 1.87. The van der Waals surface area contributed by atoms with Gasteiger partial charge < -0.3 is 10.6 Å². The van der Waals surface area contributed by atoms with Gasteiger partial charge in [0, 0.05) is 24.5 Å². The molecule has 1 amide bonds. The summed E-state index contributed by atoms with van der Waals surface area (Å²) < 4.78 is 1.81. The average molecular weight is 285 g/mol. The lowest BCUT2D eigenvalue weighted by Gasteiger charge is -2.31. The number of hydrogen-bond donors (Lipinski definition) is 2. The minimum absolute atomic E-state index is 0.0230. The van der Waals surface area contributed by atoms with E-state index in [2.05, 4.69) is 20.7 Å². The van der Waals surface area contributed by atoms with Crippen molar-refractivity contribution in [1.29, 1.82) is 0 Å². The molecule has 0 aliphatic carbocycles. The van der Waals surface area contributed by atoms with Crippen LogP contribution in [0.3, 0.4) is 0 Å². The van der Waals surface area contributed by atoms with E-state index in [9.17, 15) is 4.79 Å². The largest absolute Gasteiger partial charge is 0.323 e. The molecule has 21 heavy (non-hydrogen) atoms. The Balaban J connectivity index is 1.58. The maximum Gasteiger partial charge on any atom is 0.227 e. The minimum Gasteiger partial charge on any atom is -0.323 e. The summed E-state index contributed by atoms with van der Waals surface area (Å²) in [7, 11) is 0. The molecule has 1 saturated heterocycles. The number of carbonyl (C=O) groups excluding carboxylic acids is 1. The van der Waals surface area contributed by atoms with E-state index in [1.165, 1.54) is 0 Å². The third kappa shape index (κ3) is 3.28. The molecule has 1 fully saturated rings. The van der Waals surface area contributed by atoms with Gasteiger partial charge in [-0.05, 0) is 36.7 Å². The first-order valence-corrected chi connectivity index (χ1v) is 7.15. The number of anilines is 1. The Morgan fingerprint density at radius 2 is 2.24 bits per heavy atom. The van der Waals surface area contributed by atoms with Crippen molar-refractivity contribution >= 4 is 11.6 Å². The van der Waals surface area contributed by atoms with E-state index < -0.39 is 0 Å². The van der Waals surface area contributed by atoms with Crippen molar-refractivity contribution < 1.29 is 4.79 Å². The van der Waals surface area contributed by atoms with Gasteiger partial charge in [0.15, 0.2) is 0 Å². The van der Waals surface area contributed by atoms with Crippen LogP contribution in [0.4, 0.5) is 5.69 Å². The van der Waals surface area contributed by atoms with E-state index in [1.807, 2.05) is 25.3 Å². The van der Waals surface area contributed by atoms with Gasteiger partial charge in [0.1, 0.15) is 0 Å². The highest BCUT2D eigenvalue weighted by atomic mass is 16.1. The van der Waals surface area contributed by atoms with E-state index in [0.717, 1.165) is 24.3 Å². The number of pyridine rings is 1. The van der Waals surface area contributed by atoms with E-state index in [4.69, 9.17) is 0 Å². The fraction of sp³-hybridized carbons (Fsp3) is 0.400. The molecule has 1 unspecified atom stereocenters. The molecule has 2 aromatic heterocycles. The van der Waals surface area contributed by atoms with Gasteiger partial charge in [-0.15, -0.1) is 0 Å². The van der Waals surface area contributed by atoms with E-state index in [-0.39, 0.29) is 11.8 Å². The Morgan fingerprint density at radius 1 is 1.48 bits per heavy atom. The van der Waals surface area contributed by atoms with E-state index in [0.29, 0.717) is 12.5 Å². The Kier molecular flexibility index (Phi) is 3.96. The van der Waals surface area contributed by atoms with Crippen molar-refractivity contribution in [2.75, 3.05) is 18.4 Å². The first kappa shape index (κ1) is 13.8. The lowest BCUT2D eigenvalue weighted by molar-refractivity contribution is -0.121. The van der Waals surface area contributed by atoms with Crippen LogP contribution in [0.5, 0.6) is 0 Å². The van der Waals surface area contributed by atoms with E-state index >= 15 is 0 Å². The summed E-state index contributed by atoms with van der Waals surface area (Å²) in [6.45, 7) is 4.49. The topological polar surface area (TPSA) is 71.8 Å². The highest BCUT2D eigenvalue weighted by Crippen LogP contribution is 2.18. The molecule has 1 aliphatic heterocycles. The van der Waals surface area contributed by atoms with E-state index in [1.54, 1.807) is 23.3 Å². The molecule has 0 radical (unpaired) electrons. The number of hydrogen-bond acceptors (Lipinski definition) is 4. The lowest BCUT2D eigenvalue weighted by atomic mass is 9.88. The van der Waals surface area contributed by atoms with Crippen molar-refractivity contribution in [3.8, 4) is 0 Å².